The largest absolute Gasteiger partial charge is 0.348 e. The normalized spacial score (nSPS) is 23.2. The summed E-state index contributed by atoms with van der Waals surface area (Å²) in [6, 6.07) is 11.6. The lowest BCUT2D eigenvalue weighted by Crippen LogP contribution is -2.57. The molecule has 28 heavy (non-hydrogen) atoms. The molecular weight excluding hydrogens is 372 g/mol. The van der Waals surface area contributed by atoms with Crippen molar-refractivity contribution in [2.45, 2.75) is 35.7 Å². The summed E-state index contributed by atoms with van der Waals surface area (Å²) in [6.45, 7) is 4.78. The predicted octanol–water partition coefficient (Wildman–Crippen LogP) is 3.02. The summed E-state index contributed by atoms with van der Waals surface area (Å²) in [7, 11) is 0. The maximum Gasteiger partial charge on any atom is 0.251 e. The monoisotopic (exact) mass is 396 g/mol. The number of nitrogens with one attached hydrogen (secondary N) is 2. The van der Waals surface area contributed by atoms with E-state index in [4.69, 9.17) is 0 Å². The van der Waals surface area contributed by atoms with Crippen molar-refractivity contribution in [2.75, 3.05) is 25.0 Å². The van der Waals surface area contributed by atoms with Crippen LogP contribution in [0.25, 0.3) is 0 Å². The van der Waals surface area contributed by atoms with Gasteiger partial charge >= 0.3 is 0 Å². The zero-order valence-corrected chi connectivity index (χ0v) is 16.7. The van der Waals surface area contributed by atoms with E-state index in [2.05, 4.69) is 20.5 Å². The summed E-state index contributed by atoms with van der Waals surface area (Å²) in [5.74, 6) is 0.512. The van der Waals surface area contributed by atoms with Crippen molar-refractivity contribution in [2.24, 2.45) is 5.92 Å². The van der Waals surface area contributed by atoms with Crippen LogP contribution in [0.15, 0.2) is 52.5 Å². The van der Waals surface area contributed by atoms with E-state index in [9.17, 15) is 9.59 Å². The van der Waals surface area contributed by atoms with Crippen molar-refractivity contribution in [1.29, 1.82) is 0 Å². The molecule has 146 valence electrons. The minimum absolute atomic E-state index is 0.00749. The molecule has 0 aliphatic carbocycles. The lowest BCUT2D eigenvalue weighted by atomic mass is 9.84. The number of aromatic nitrogens is 1. The maximum absolute atomic E-state index is 12.6. The quantitative estimate of drug-likeness (QED) is 0.813. The number of pyridine rings is 1. The molecule has 6 nitrogen and oxygen atoms in total. The van der Waals surface area contributed by atoms with Crippen LogP contribution in [-0.2, 0) is 4.79 Å². The van der Waals surface area contributed by atoms with E-state index >= 15 is 0 Å². The first-order valence-corrected chi connectivity index (χ1v) is 10.4. The van der Waals surface area contributed by atoms with Gasteiger partial charge in [-0.15, -0.1) is 0 Å². The Labute approximate surface area is 169 Å². The van der Waals surface area contributed by atoms with Gasteiger partial charge in [0.25, 0.3) is 5.91 Å². The molecule has 0 saturated carbocycles. The topological polar surface area (TPSA) is 74.3 Å². The summed E-state index contributed by atoms with van der Waals surface area (Å²) < 4.78 is 0. The van der Waals surface area contributed by atoms with Gasteiger partial charge in [0, 0.05) is 30.0 Å². The SMILES string of the molecule is CC(=O)Nc1ccc(Sc2ccc(C(=O)NC3CN4CCC3CC4)cc2)nc1. The molecule has 3 fully saturated rings. The third-order valence-corrected chi connectivity index (χ3v) is 6.33. The van der Waals surface area contributed by atoms with Crippen molar-refractivity contribution in [1.82, 2.24) is 15.2 Å². The molecular formula is C21H24N4O2S. The van der Waals surface area contributed by atoms with E-state index in [1.165, 1.54) is 44.6 Å². The molecule has 1 aromatic carbocycles. The van der Waals surface area contributed by atoms with Gasteiger partial charge in [0.1, 0.15) is 5.03 Å². The molecule has 4 heterocycles. The molecule has 2 aromatic rings. The van der Waals surface area contributed by atoms with Crippen LogP contribution in [0.2, 0.25) is 0 Å². The molecule has 2 N–H and O–H groups in total. The first kappa shape index (κ1) is 19.0. The van der Waals surface area contributed by atoms with Crippen molar-refractivity contribution < 1.29 is 9.59 Å². The van der Waals surface area contributed by atoms with Crippen LogP contribution in [0.4, 0.5) is 5.69 Å². The van der Waals surface area contributed by atoms with Crippen LogP contribution < -0.4 is 10.6 Å². The average molecular weight is 397 g/mol. The second-order valence-corrected chi connectivity index (χ2v) is 8.50. The summed E-state index contributed by atoms with van der Waals surface area (Å²) in [4.78, 5) is 31.5. The molecule has 3 saturated heterocycles. The lowest BCUT2D eigenvalue weighted by Gasteiger charge is -2.44. The number of hydrogen-bond acceptors (Lipinski definition) is 5. The van der Waals surface area contributed by atoms with Gasteiger partial charge in [-0.2, -0.15) is 0 Å². The number of fused-ring (bicyclic) bond motifs is 3. The van der Waals surface area contributed by atoms with Crippen LogP contribution in [0, 0.1) is 5.92 Å². The third kappa shape index (κ3) is 4.54. The Morgan fingerprint density at radius 2 is 1.86 bits per heavy atom. The first-order valence-electron chi connectivity index (χ1n) is 9.61. The molecule has 5 rings (SSSR count). The van der Waals surface area contributed by atoms with Crippen LogP contribution in [0.1, 0.15) is 30.1 Å². The second kappa shape index (κ2) is 8.32. The van der Waals surface area contributed by atoms with E-state index in [0.717, 1.165) is 16.5 Å². The Morgan fingerprint density at radius 3 is 2.43 bits per heavy atom. The lowest BCUT2D eigenvalue weighted by molar-refractivity contribution is -0.114. The Kier molecular flexibility index (Phi) is 5.64. The molecule has 1 aromatic heterocycles. The molecule has 3 aliphatic rings. The van der Waals surface area contributed by atoms with Crippen LogP contribution >= 0.6 is 11.8 Å². The number of nitrogens with zero attached hydrogens (tertiary/aromatic N) is 2. The van der Waals surface area contributed by atoms with Gasteiger partial charge in [0.05, 0.1) is 11.9 Å². The third-order valence-electron chi connectivity index (χ3n) is 5.37. The molecule has 1 atom stereocenters. The number of amides is 2. The number of carbonyl (C=O) groups excluding carboxylic acids is 2. The molecule has 3 aliphatic heterocycles. The van der Waals surface area contributed by atoms with E-state index in [1.54, 1.807) is 6.20 Å². The van der Waals surface area contributed by atoms with Gasteiger partial charge in [0.2, 0.25) is 5.91 Å². The Morgan fingerprint density at radius 1 is 1.11 bits per heavy atom. The van der Waals surface area contributed by atoms with Crippen molar-refractivity contribution >= 4 is 29.3 Å². The number of piperidine rings is 3. The van der Waals surface area contributed by atoms with E-state index in [-0.39, 0.29) is 17.9 Å². The Hall–Kier alpha value is -2.38. The van der Waals surface area contributed by atoms with Crippen molar-refractivity contribution in [3.05, 3.63) is 48.2 Å². The fourth-order valence-electron chi connectivity index (χ4n) is 3.89. The fourth-order valence-corrected chi connectivity index (χ4v) is 4.65. The summed E-state index contributed by atoms with van der Waals surface area (Å²) in [5, 5.41) is 6.76. The van der Waals surface area contributed by atoms with Gasteiger partial charge in [-0.25, -0.2) is 4.98 Å². The molecule has 1 unspecified atom stereocenters. The highest BCUT2D eigenvalue weighted by Gasteiger charge is 2.34. The number of hydrogen-bond donors (Lipinski definition) is 2. The molecule has 0 spiro atoms. The van der Waals surface area contributed by atoms with Crippen LogP contribution in [0.3, 0.4) is 0 Å². The molecule has 2 amide bonds. The van der Waals surface area contributed by atoms with E-state index < -0.39 is 0 Å². The highest BCUT2D eigenvalue weighted by atomic mass is 32.2. The summed E-state index contributed by atoms with van der Waals surface area (Å²) in [6.07, 6.45) is 4.02. The predicted molar refractivity (Wildman–Crippen MR) is 110 cm³/mol. The Bertz CT molecular complexity index is 846. The van der Waals surface area contributed by atoms with Crippen LogP contribution in [0.5, 0.6) is 0 Å². The second-order valence-electron chi connectivity index (χ2n) is 7.41. The summed E-state index contributed by atoms with van der Waals surface area (Å²) >= 11 is 1.52. The average Bonchev–Trinajstić information content (AvgIpc) is 2.70. The van der Waals surface area contributed by atoms with Crippen molar-refractivity contribution in [3.63, 3.8) is 0 Å². The van der Waals surface area contributed by atoms with Crippen molar-refractivity contribution in [3.8, 4) is 0 Å². The van der Waals surface area contributed by atoms with E-state index in [1.807, 2.05) is 36.4 Å². The maximum atomic E-state index is 12.6. The van der Waals surface area contributed by atoms with Gasteiger partial charge in [0.15, 0.2) is 0 Å². The molecule has 2 bridgehead atoms. The zero-order chi connectivity index (χ0) is 19.5. The van der Waals surface area contributed by atoms with E-state index in [0.29, 0.717) is 17.2 Å². The zero-order valence-electron chi connectivity index (χ0n) is 15.9. The smallest absolute Gasteiger partial charge is 0.251 e. The van der Waals surface area contributed by atoms with Crippen LogP contribution in [-0.4, -0.2) is 47.4 Å². The van der Waals surface area contributed by atoms with Gasteiger partial charge < -0.3 is 15.5 Å². The highest BCUT2D eigenvalue weighted by Crippen LogP contribution is 2.29. The van der Waals surface area contributed by atoms with Gasteiger partial charge in [-0.3, -0.25) is 9.59 Å². The first-order chi connectivity index (χ1) is 13.6. The number of anilines is 1. The standard InChI is InChI=1S/C21H24N4O2S/c1-14(26)23-17-4-7-20(22-12-17)28-18-5-2-16(3-6-18)21(27)24-19-13-25-10-8-15(19)9-11-25/h2-7,12,15,19H,8-11,13H2,1H3,(H,23,26)(H,24,27). The van der Waals surface area contributed by atoms with Gasteiger partial charge in [-0.1, -0.05) is 11.8 Å². The molecule has 7 heteroatoms. The number of carbonyl (C=O) groups is 2. The minimum atomic E-state index is -0.116. The minimum Gasteiger partial charge on any atom is -0.348 e. The molecule has 0 radical (unpaired) electrons. The van der Waals surface area contributed by atoms with Gasteiger partial charge in [-0.05, 0) is 68.2 Å². The Balaban J connectivity index is 1.34. The number of benzene rings is 1. The number of rotatable bonds is 5. The highest BCUT2D eigenvalue weighted by molar-refractivity contribution is 7.99. The summed E-state index contributed by atoms with van der Waals surface area (Å²) in [5.41, 5.74) is 1.37. The fraction of sp³-hybridized carbons (Fsp3) is 0.381.